The lowest BCUT2D eigenvalue weighted by atomic mass is 9.96. The van der Waals surface area contributed by atoms with Gasteiger partial charge < -0.3 is 15.4 Å². The number of hydrogen-bond donors (Lipinski definition) is 2. The Bertz CT molecular complexity index is 764. The molecule has 3 heterocycles. The van der Waals surface area contributed by atoms with Crippen LogP contribution in [0.15, 0.2) is 35.3 Å². The van der Waals surface area contributed by atoms with Crippen molar-refractivity contribution in [2.24, 2.45) is 4.99 Å². The van der Waals surface area contributed by atoms with Crippen LogP contribution in [-0.2, 0) is 11.3 Å². The van der Waals surface area contributed by atoms with E-state index in [0.29, 0.717) is 18.2 Å². The van der Waals surface area contributed by atoms with E-state index in [-0.39, 0.29) is 24.0 Å². The molecule has 2 aliphatic rings. The lowest BCUT2D eigenvalue weighted by molar-refractivity contribution is 0.0992. The van der Waals surface area contributed by atoms with Gasteiger partial charge in [-0.05, 0) is 26.2 Å². The Labute approximate surface area is 175 Å². The second kappa shape index (κ2) is 8.67. The van der Waals surface area contributed by atoms with E-state index in [1.54, 1.807) is 11.3 Å². The molecule has 2 aromatic rings. The summed E-state index contributed by atoms with van der Waals surface area (Å²) in [6, 6.07) is 10.7. The Morgan fingerprint density at radius 3 is 2.77 bits per heavy atom. The fourth-order valence-electron chi connectivity index (χ4n) is 3.62. The highest BCUT2D eigenvalue weighted by Crippen LogP contribution is 2.34. The minimum Gasteiger partial charge on any atom is -0.373 e. The number of benzene rings is 1. The Balaban J connectivity index is 0.00000196. The van der Waals surface area contributed by atoms with Gasteiger partial charge in [-0.1, -0.05) is 30.3 Å². The fourth-order valence-corrected chi connectivity index (χ4v) is 4.63. The van der Waals surface area contributed by atoms with Crippen LogP contribution < -0.4 is 10.6 Å². The largest absolute Gasteiger partial charge is 0.373 e. The van der Waals surface area contributed by atoms with Crippen molar-refractivity contribution < 1.29 is 4.74 Å². The highest BCUT2D eigenvalue weighted by atomic mass is 127. The molecule has 1 aromatic heterocycles. The van der Waals surface area contributed by atoms with Crippen molar-refractivity contribution in [3.05, 3.63) is 40.9 Å². The van der Waals surface area contributed by atoms with Crippen LogP contribution in [0.1, 0.15) is 29.8 Å². The zero-order valence-corrected chi connectivity index (χ0v) is 18.2. The summed E-state index contributed by atoms with van der Waals surface area (Å²) >= 11 is 1.74. The quantitative estimate of drug-likeness (QED) is 0.395. The molecular weight excluding hydrogens is 459 g/mol. The summed E-state index contributed by atoms with van der Waals surface area (Å²) in [5.74, 6) is 0.843. The molecule has 5 nitrogen and oxygen atoms in total. The van der Waals surface area contributed by atoms with E-state index in [4.69, 9.17) is 9.72 Å². The molecule has 0 spiro atoms. The number of ether oxygens (including phenoxy) is 1. The van der Waals surface area contributed by atoms with Gasteiger partial charge in [0.25, 0.3) is 0 Å². The molecule has 0 amide bonds. The molecule has 3 unspecified atom stereocenters. The predicted molar refractivity (Wildman–Crippen MR) is 117 cm³/mol. The molecule has 1 aromatic carbocycles. The van der Waals surface area contributed by atoms with Gasteiger partial charge >= 0.3 is 0 Å². The maximum Gasteiger partial charge on any atom is 0.191 e. The van der Waals surface area contributed by atoms with E-state index in [0.717, 1.165) is 36.0 Å². The van der Waals surface area contributed by atoms with Crippen molar-refractivity contribution in [1.82, 2.24) is 15.6 Å². The fraction of sp³-hybridized carbons (Fsp3) is 0.474. The van der Waals surface area contributed by atoms with Crippen LogP contribution in [0.3, 0.4) is 0 Å². The number of nitrogens with one attached hydrogen (secondary N) is 2. The van der Waals surface area contributed by atoms with Crippen LogP contribution >= 0.6 is 35.3 Å². The van der Waals surface area contributed by atoms with Crippen LogP contribution in [0.25, 0.3) is 10.6 Å². The molecule has 26 heavy (non-hydrogen) atoms. The zero-order chi connectivity index (χ0) is 17.2. The van der Waals surface area contributed by atoms with E-state index < -0.39 is 0 Å². The van der Waals surface area contributed by atoms with Gasteiger partial charge in [0.15, 0.2) is 5.96 Å². The summed E-state index contributed by atoms with van der Waals surface area (Å²) in [6.45, 7) is 2.80. The molecule has 3 atom stereocenters. The Morgan fingerprint density at radius 1 is 1.31 bits per heavy atom. The highest BCUT2D eigenvalue weighted by molar-refractivity contribution is 14.0. The predicted octanol–water partition coefficient (Wildman–Crippen LogP) is 3.72. The average Bonchev–Trinajstić information content (AvgIpc) is 3.35. The van der Waals surface area contributed by atoms with Gasteiger partial charge in [0.2, 0.25) is 0 Å². The van der Waals surface area contributed by atoms with Crippen LogP contribution in [0.4, 0.5) is 0 Å². The van der Waals surface area contributed by atoms with Crippen LogP contribution in [0.2, 0.25) is 0 Å². The first-order chi connectivity index (χ1) is 12.2. The lowest BCUT2D eigenvalue weighted by Gasteiger charge is -2.22. The Morgan fingerprint density at radius 2 is 2.12 bits per heavy atom. The number of halogens is 1. The van der Waals surface area contributed by atoms with E-state index in [1.165, 1.54) is 16.9 Å². The first-order valence-electron chi connectivity index (χ1n) is 8.87. The minimum absolute atomic E-state index is 0. The van der Waals surface area contributed by atoms with Crippen molar-refractivity contribution in [3.8, 4) is 10.6 Å². The molecule has 2 bridgehead atoms. The summed E-state index contributed by atoms with van der Waals surface area (Å²) in [5.41, 5.74) is 2.25. The summed E-state index contributed by atoms with van der Waals surface area (Å²) in [5, 5.41) is 8.02. The van der Waals surface area contributed by atoms with Crippen molar-refractivity contribution in [2.45, 2.75) is 51.0 Å². The van der Waals surface area contributed by atoms with Gasteiger partial charge in [-0.3, -0.25) is 4.99 Å². The van der Waals surface area contributed by atoms with Crippen LogP contribution in [0.5, 0.6) is 0 Å². The van der Waals surface area contributed by atoms with Gasteiger partial charge in [-0.15, -0.1) is 35.3 Å². The van der Waals surface area contributed by atoms with Gasteiger partial charge in [-0.2, -0.15) is 0 Å². The molecule has 4 rings (SSSR count). The zero-order valence-electron chi connectivity index (χ0n) is 15.1. The summed E-state index contributed by atoms with van der Waals surface area (Å²) in [6.07, 6.45) is 4.24. The van der Waals surface area contributed by atoms with Crippen molar-refractivity contribution in [2.75, 3.05) is 7.05 Å². The number of aliphatic imine (C=N–C) groups is 1. The van der Waals surface area contributed by atoms with Crippen molar-refractivity contribution in [1.29, 1.82) is 0 Å². The monoisotopic (exact) mass is 484 g/mol. The molecule has 0 saturated carbocycles. The molecule has 0 radical (unpaired) electrons. The average molecular weight is 484 g/mol. The molecule has 2 fully saturated rings. The molecule has 2 aliphatic heterocycles. The smallest absolute Gasteiger partial charge is 0.191 e. The third-order valence-corrected chi connectivity index (χ3v) is 6.19. The second-order valence-electron chi connectivity index (χ2n) is 6.68. The minimum atomic E-state index is 0. The number of rotatable bonds is 4. The number of thiazole rings is 1. The summed E-state index contributed by atoms with van der Waals surface area (Å²) in [4.78, 5) is 10.3. The Kier molecular flexibility index (Phi) is 6.52. The molecule has 2 saturated heterocycles. The van der Waals surface area contributed by atoms with Gasteiger partial charge in [0, 0.05) is 17.5 Å². The first-order valence-corrected chi connectivity index (χ1v) is 9.69. The highest BCUT2D eigenvalue weighted by Gasteiger charge is 2.41. The number of aromatic nitrogens is 1. The van der Waals surface area contributed by atoms with Gasteiger partial charge in [0.1, 0.15) is 5.01 Å². The first kappa shape index (κ1) is 19.6. The molecular formula is C19H25IN4OS. The van der Waals surface area contributed by atoms with Crippen LogP contribution in [0, 0.1) is 6.92 Å². The van der Waals surface area contributed by atoms with Gasteiger partial charge in [0.05, 0.1) is 30.5 Å². The van der Waals surface area contributed by atoms with Crippen molar-refractivity contribution in [3.63, 3.8) is 0 Å². The molecule has 7 heteroatoms. The molecule has 2 N–H and O–H groups in total. The second-order valence-corrected chi connectivity index (χ2v) is 7.76. The van der Waals surface area contributed by atoms with Crippen LogP contribution in [-0.4, -0.2) is 36.2 Å². The lowest BCUT2D eigenvalue weighted by Crippen LogP contribution is -2.47. The van der Waals surface area contributed by atoms with Crippen molar-refractivity contribution >= 4 is 41.3 Å². The topological polar surface area (TPSA) is 58.5 Å². The standard InChI is InChI=1S/C19H24N4OS.HI/c1-12-17(25-18(22-12)13-6-4-3-5-7-13)11-21-19(20-2)23-15-10-14-8-9-16(15)24-14;/h3-7,14-16H,8-11H2,1-2H3,(H2,20,21,23);1H. The SMILES string of the molecule is CN=C(NCc1sc(-c2ccccc2)nc1C)NC1CC2CCC1O2.I. The molecule has 140 valence electrons. The van der Waals surface area contributed by atoms with E-state index in [2.05, 4.69) is 34.7 Å². The number of hydrogen-bond acceptors (Lipinski definition) is 4. The van der Waals surface area contributed by atoms with E-state index >= 15 is 0 Å². The number of aryl methyl sites for hydroxylation is 1. The van der Waals surface area contributed by atoms with E-state index in [1.807, 2.05) is 25.2 Å². The Hall–Kier alpha value is -1.19. The van der Waals surface area contributed by atoms with E-state index in [9.17, 15) is 0 Å². The van der Waals surface area contributed by atoms with Gasteiger partial charge in [-0.25, -0.2) is 4.98 Å². The maximum atomic E-state index is 5.91. The summed E-state index contributed by atoms with van der Waals surface area (Å²) in [7, 11) is 1.82. The maximum absolute atomic E-state index is 5.91. The number of nitrogens with zero attached hydrogens (tertiary/aromatic N) is 2. The number of fused-ring (bicyclic) bond motifs is 2. The third kappa shape index (κ3) is 4.20. The normalized spacial score (nSPS) is 24.4. The number of guanidine groups is 1. The summed E-state index contributed by atoms with van der Waals surface area (Å²) < 4.78 is 5.91. The third-order valence-electron chi connectivity index (χ3n) is 4.98. The molecule has 0 aliphatic carbocycles.